The van der Waals surface area contributed by atoms with Crippen LogP contribution in [0.15, 0.2) is 18.2 Å². The van der Waals surface area contributed by atoms with Gasteiger partial charge in [-0.15, -0.1) is 0 Å². The maximum atomic E-state index is 11.7. The third-order valence-corrected chi connectivity index (χ3v) is 4.86. The molecule has 1 amide bonds. The maximum absolute atomic E-state index is 11.7. The van der Waals surface area contributed by atoms with Crippen molar-refractivity contribution in [2.75, 3.05) is 17.2 Å². The molecule has 1 aromatic rings. The first kappa shape index (κ1) is 13.3. The number of nitrogens with two attached hydrogens (primary N) is 2. The molecule has 4 nitrogen and oxygen atoms in total. The van der Waals surface area contributed by atoms with Crippen LogP contribution >= 0.6 is 0 Å². The summed E-state index contributed by atoms with van der Waals surface area (Å²) in [5, 5.41) is 0. The third-order valence-electron chi connectivity index (χ3n) is 4.86. The summed E-state index contributed by atoms with van der Waals surface area (Å²) in [5.74, 6) is 0.364. The van der Waals surface area contributed by atoms with Crippen LogP contribution in [0.2, 0.25) is 0 Å². The van der Waals surface area contributed by atoms with Gasteiger partial charge in [0.25, 0.3) is 5.91 Å². The second kappa shape index (κ2) is 5.35. The monoisotopic (exact) mass is 273 g/mol. The van der Waals surface area contributed by atoms with E-state index in [4.69, 9.17) is 11.5 Å². The molecule has 1 aliphatic heterocycles. The zero-order chi connectivity index (χ0) is 14.1. The van der Waals surface area contributed by atoms with Crippen LogP contribution in [0.1, 0.15) is 48.9 Å². The molecule has 2 atom stereocenters. The first-order chi connectivity index (χ1) is 9.68. The Morgan fingerprint density at radius 3 is 2.70 bits per heavy atom. The molecule has 1 aliphatic carbocycles. The van der Waals surface area contributed by atoms with Crippen LogP contribution in [0, 0.1) is 5.92 Å². The van der Waals surface area contributed by atoms with Gasteiger partial charge in [0.05, 0.1) is 16.9 Å². The van der Waals surface area contributed by atoms with Crippen LogP contribution in [-0.4, -0.2) is 18.5 Å². The Morgan fingerprint density at radius 2 is 1.90 bits per heavy atom. The second-order valence-corrected chi connectivity index (χ2v) is 6.06. The summed E-state index contributed by atoms with van der Waals surface area (Å²) in [5.41, 5.74) is 13.8. The van der Waals surface area contributed by atoms with E-state index < -0.39 is 0 Å². The van der Waals surface area contributed by atoms with Crippen LogP contribution in [0.3, 0.4) is 0 Å². The number of rotatable bonds is 2. The molecular weight excluding hydrogens is 250 g/mol. The number of primary amides is 1. The molecule has 20 heavy (non-hydrogen) atoms. The molecule has 2 unspecified atom stereocenters. The fourth-order valence-electron chi connectivity index (χ4n) is 3.98. The Labute approximate surface area is 120 Å². The second-order valence-electron chi connectivity index (χ2n) is 6.06. The highest BCUT2D eigenvalue weighted by molar-refractivity contribution is 6.01. The number of anilines is 2. The molecule has 1 saturated heterocycles. The van der Waals surface area contributed by atoms with Crippen LogP contribution in [-0.2, 0) is 0 Å². The van der Waals surface area contributed by atoms with Crippen molar-refractivity contribution in [1.82, 2.24) is 0 Å². The highest BCUT2D eigenvalue weighted by Crippen LogP contribution is 2.40. The number of hydrogen-bond donors (Lipinski definition) is 2. The van der Waals surface area contributed by atoms with Gasteiger partial charge in [-0.2, -0.15) is 0 Å². The van der Waals surface area contributed by atoms with E-state index in [1.54, 1.807) is 12.1 Å². The number of amides is 1. The fourth-order valence-corrected chi connectivity index (χ4v) is 3.98. The number of nitrogen functional groups attached to an aromatic ring is 1. The van der Waals surface area contributed by atoms with E-state index in [-0.39, 0.29) is 5.91 Å². The van der Waals surface area contributed by atoms with Gasteiger partial charge < -0.3 is 16.4 Å². The highest BCUT2D eigenvalue weighted by atomic mass is 16.1. The Morgan fingerprint density at radius 1 is 1.15 bits per heavy atom. The molecule has 0 aromatic heterocycles. The van der Waals surface area contributed by atoms with E-state index in [2.05, 4.69) is 4.90 Å². The molecule has 108 valence electrons. The van der Waals surface area contributed by atoms with Crippen LogP contribution in [0.5, 0.6) is 0 Å². The van der Waals surface area contributed by atoms with E-state index in [1.807, 2.05) is 6.07 Å². The Hall–Kier alpha value is -1.71. The lowest BCUT2D eigenvalue weighted by atomic mass is 9.78. The predicted molar refractivity (Wildman–Crippen MR) is 81.7 cm³/mol. The number of carbonyl (C=O) groups is 1. The summed E-state index contributed by atoms with van der Waals surface area (Å²) in [6.07, 6.45) is 7.60. The number of hydrogen-bond acceptors (Lipinski definition) is 3. The molecule has 0 spiro atoms. The number of nitrogens with zero attached hydrogens (tertiary/aromatic N) is 1. The Bertz CT molecular complexity index is 512. The molecule has 4 N–H and O–H groups in total. The largest absolute Gasteiger partial charge is 0.397 e. The highest BCUT2D eigenvalue weighted by Gasteiger charge is 2.35. The van der Waals surface area contributed by atoms with Gasteiger partial charge in [-0.3, -0.25) is 4.79 Å². The minimum atomic E-state index is -0.384. The van der Waals surface area contributed by atoms with Crippen molar-refractivity contribution in [2.45, 2.75) is 44.6 Å². The average molecular weight is 273 g/mol. The van der Waals surface area contributed by atoms with Crippen LogP contribution < -0.4 is 16.4 Å². The summed E-state index contributed by atoms with van der Waals surface area (Å²) < 4.78 is 0. The number of benzene rings is 1. The number of para-hydroxylation sites is 1. The van der Waals surface area contributed by atoms with Crippen molar-refractivity contribution >= 4 is 17.3 Å². The molecule has 0 bridgehead atoms. The van der Waals surface area contributed by atoms with Gasteiger partial charge >= 0.3 is 0 Å². The van der Waals surface area contributed by atoms with Gasteiger partial charge in [0.1, 0.15) is 0 Å². The quantitative estimate of drug-likeness (QED) is 0.813. The molecule has 0 radical (unpaired) electrons. The zero-order valence-corrected chi connectivity index (χ0v) is 11.8. The van der Waals surface area contributed by atoms with Crippen LogP contribution in [0.25, 0.3) is 0 Å². The SMILES string of the molecule is NC(=O)c1cccc(N)c1N1CCCC2CCCCC21. The van der Waals surface area contributed by atoms with Crippen molar-refractivity contribution < 1.29 is 4.79 Å². The third kappa shape index (κ3) is 2.23. The molecule has 1 aromatic carbocycles. The van der Waals surface area contributed by atoms with Crippen molar-refractivity contribution in [2.24, 2.45) is 11.7 Å². The van der Waals surface area contributed by atoms with Gasteiger partial charge in [-0.1, -0.05) is 18.9 Å². The van der Waals surface area contributed by atoms with Crippen LogP contribution in [0.4, 0.5) is 11.4 Å². The van der Waals surface area contributed by atoms with Crippen molar-refractivity contribution in [3.05, 3.63) is 23.8 Å². The van der Waals surface area contributed by atoms with Gasteiger partial charge in [0.15, 0.2) is 0 Å². The molecule has 3 rings (SSSR count). The summed E-state index contributed by atoms with van der Waals surface area (Å²) in [4.78, 5) is 14.1. The van der Waals surface area contributed by atoms with E-state index in [1.165, 1.54) is 38.5 Å². The summed E-state index contributed by atoms with van der Waals surface area (Å²) in [7, 11) is 0. The Balaban J connectivity index is 2.00. The van der Waals surface area contributed by atoms with Gasteiger partial charge in [-0.25, -0.2) is 0 Å². The zero-order valence-electron chi connectivity index (χ0n) is 11.8. The fraction of sp³-hybridized carbons (Fsp3) is 0.562. The topological polar surface area (TPSA) is 72.3 Å². The molecule has 2 fully saturated rings. The average Bonchev–Trinajstić information content (AvgIpc) is 2.46. The summed E-state index contributed by atoms with van der Waals surface area (Å²) in [6, 6.07) is 6.00. The number of piperidine rings is 1. The summed E-state index contributed by atoms with van der Waals surface area (Å²) in [6.45, 7) is 0.982. The first-order valence-electron chi connectivity index (χ1n) is 7.63. The number of fused-ring (bicyclic) bond motifs is 1. The molecule has 1 saturated carbocycles. The van der Waals surface area contributed by atoms with Crippen molar-refractivity contribution in [1.29, 1.82) is 0 Å². The van der Waals surface area contributed by atoms with E-state index >= 15 is 0 Å². The molecule has 4 heteroatoms. The predicted octanol–water partition coefficient (Wildman–Crippen LogP) is 2.53. The van der Waals surface area contributed by atoms with Gasteiger partial charge in [0, 0.05) is 12.6 Å². The Kier molecular flexibility index (Phi) is 3.55. The minimum Gasteiger partial charge on any atom is -0.397 e. The maximum Gasteiger partial charge on any atom is 0.250 e. The van der Waals surface area contributed by atoms with E-state index in [0.29, 0.717) is 17.3 Å². The lowest BCUT2D eigenvalue weighted by Crippen LogP contribution is -2.47. The minimum absolute atomic E-state index is 0.384. The molecule has 2 aliphatic rings. The van der Waals surface area contributed by atoms with E-state index in [0.717, 1.165) is 18.2 Å². The lowest BCUT2D eigenvalue weighted by Gasteiger charge is -2.46. The normalized spacial score (nSPS) is 26.1. The standard InChI is InChI=1S/C16H23N3O/c17-13-8-3-7-12(16(18)20)15(13)19-10-4-6-11-5-1-2-9-14(11)19/h3,7-8,11,14H,1-2,4-6,9-10,17H2,(H2,18,20). The first-order valence-corrected chi connectivity index (χ1v) is 7.63. The van der Waals surface area contributed by atoms with Gasteiger partial charge in [0.2, 0.25) is 0 Å². The lowest BCUT2D eigenvalue weighted by molar-refractivity contribution is 0.100. The van der Waals surface area contributed by atoms with E-state index in [9.17, 15) is 4.79 Å². The van der Waals surface area contributed by atoms with Gasteiger partial charge in [-0.05, 0) is 43.7 Å². The molecule has 1 heterocycles. The van der Waals surface area contributed by atoms with Crippen molar-refractivity contribution in [3.8, 4) is 0 Å². The smallest absolute Gasteiger partial charge is 0.250 e. The number of carbonyl (C=O) groups excluding carboxylic acids is 1. The van der Waals surface area contributed by atoms with Crippen molar-refractivity contribution in [3.63, 3.8) is 0 Å². The molecular formula is C16H23N3O. The summed E-state index contributed by atoms with van der Waals surface area (Å²) >= 11 is 0.